The average Bonchev–Trinajstić information content (AvgIpc) is 2.73. The number of likely N-dealkylation sites (tertiary alicyclic amines) is 1. The Bertz CT molecular complexity index is 740. The Kier molecular flexibility index (Phi) is 6.71. The molecule has 2 aromatic rings. The van der Waals surface area contributed by atoms with Crippen LogP contribution in [0.2, 0.25) is 0 Å². The Morgan fingerprint density at radius 2 is 1.74 bits per heavy atom. The maximum Gasteiger partial charge on any atom is 0.251 e. The molecule has 5 heteroatoms. The minimum Gasteiger partial charge on any atom is -0.493 e. The van der Waals surface area contributed by atoms with Crippen LogP contribution in [0.3, 0.4) is 0 Å². The smallest absolute Gasteiger partial charge is 0.251 e. The van der Waals surface area contributed by atoms with Crippen LogP contribution in [-0.4, -0.2) is 50.7 Å². The Balaban J connectivity index is 1.44. The van der Waals surface area contributed by atoms with Gasteiger partial charge in [-0.05, 0) is 49.1 Å². The van der Waals surface area contributed by atoms with E-state index in [1.165, 1.54) is 5.56 Å². The number of ether oxygens (including phenoxy) is 2. The second-order valence-corrected chi connectivity index (χ2v) is 6.89. The van der Waals surface area contributed by atoms with Crippen molar-refractivity contribution in [1.82, 2.24) is 10.2 Å². The maximum atomic E-state index is 12.3. The van der Waals surface area contributed by atoms with Crippen molar-refractivity contribution in [3.63, 3.8) is 0 Å². The second kappa shape index (κ2) is 9.42. The summed E-state index contributed by atoms with van der Waals surface area (Å²) >= 11 is 0. The molecule has 0 atom stereocenters. The van der Waals surface area contributed by atoms with E-state index < -0.39 is 0 Å². The van der Waals surface area contributed by atoms with E-state index in [4.69, 9.17) is 9.47 Å². The first-order valence-corrected chi connectivity index (χ1v) is 9.48. The molecule has 3 rings (SSSR count). The predicted molar refractivity (Wildman–Crippen MR) is 107 cm³/mol. The second-order valence-electron chi connectivity index (χ2n) is 6.89. The molecule has 0 aliphatic carbocycles. The van der Waals surface area contributed by atoms with Crippen molar-refractivity contribution in [2.75, 3.05) is 33.9 Å². The highest BCUT2D eigenvalue weighted by molar-refractivity contribution is 5.94. The lowest BCUT2D eigenvalue weighted by atomic mass is 10.0. The fourth-order valence-electron chi connectivity index (χ4n) is 3.48. The molecule has 1 saturated heterocycles. The molecule has 144 valence electrons. The third-order valence-corrected chi connectivity index (χ3v) is 5.12. The van der Waals surface area contributed by atoms with E-state index in [1.807, 2.05) is 42.5 Å². The van der Waals surface area contributed by atoms with E-state index in [0.29, 0.717) is 0 Å². The van der Waals surface area contributed by atoms with Crippen molar-refractivity contribution >= 4 is 5.91 Å². The highest BCUT2D eigenvalue weighted by Gasteiger charge is 2.21. The van der Waals surface area contributed by atoms with Gasteiger partial charge in [0.2, 0.25) is 0 Å². The number of benzene rings is 2. The number of rotatable bonds is 7. The first-order chi connectivity index (χ1) is 13.2. The molecule has 0 saturated carbocycles. The number of nitrogens with one attached hydrogen (secondary N) is 1. The molecule has 0 unspecified atom stereocenters. The van der Waals surface area contributed by atoms with E-state index in [2.05, 4.69) is 16.3 Å². The number of carbonyl (C=O) groups is 1. The van der Waals surface area contributed by atoms with E-state index >= 15 is 0 Å². The van der Waals surface area contributed by atoms with Crippen LogP contribution in [0.1, 0.15) is 28.8 Å². The summed E-state index contributed by atoms with van der Waals surface area (Å²) in [7, 11) is 3.31. The van der Waals surface area contributed by atoms with Crippen LogP contribution in [0.25, 0.3) is 0 Å². The van der Waals surface area contributed by atoms with Crippen molar-refractivity contribution in [1.29, 1.82) is 0 Å². The number of amides is 1. The van der Waals surface area contributed by atoms with Gasteiger partial charge < -0.3 is 19.7 Å². The lowest BCUT2D eigenvalue weighted by Crippen LogP contribution is -2.45. The number of hydrogen-bond acceptors (Lipinski definition) is 4. The average molecular weight is 368 g/mol. The summed E-state index contributed by atoms with van der Waals surface area (Å²) in [5.74, 6) is 1.56. The third kappa shape index (κ3) is 5.23. The number of nitrogens with zero attached hydrogens (tertiary/aromatic N) is 1. The van der Waals surface area contributed by atoms with Crippen LogP contribution in [0, 0.1) is 0 Å². The molecule has 2 aromatic carbocycles. The molecule has 1 heterocycles. The Morgan fingerprint density at radius 1 is 1.04 bits per heavy atom. The zero-order valence-corrected chi connectivity index (χ0v) is 16.1. The van der Waals surface area contributed by atoms with Gasteiger partial charge in [-0.15, -0.1) is 0 Å². The highest BCUT2D eigenvalue weighted by Crippen LogP contribution is 2.27. The summed E-state index contributed by atoms with van der Waals surface area (Å²) in [4.78, 5) is 14.7. The summed E-state index contributed by atoms with van der Waals surface area (Å²) in [5, 5.41) is 3.16. The van der Waals surface area contributed by atoms with Crippen molar-refractivity contribution < 1.29 is 14.3 Å². The lowest BCUT2D eigenvalue weighted by Gasteiger charge is -2.32. The Hall–Kier alpha value is -2.53. The topological polar surface area (TPSA) is 50.8 Å². The largest absolute Gasteiger partial charge is 0.493 e. The lowest BCUT2D eigenvalue weighted by molar-refractivity contribution is 0.0911. The van der Waals surface area contributed by atoms with Crippen molar-refractivity contribution in [2.24, 2.45) is 0 Å². The van der Waals surface area contributed by atoms with Gasteiger partial charge in [-0.2, -0.15) is 0 Å². The van der Waals surface area contributed by atoms with Gasteiger partial charge in [-0.3, -0.25) is 4.79 Å². The minimum atomic E-state index is 0.0272. The van der Waals surface area contributed by atoms with Crippen LogP contribution in [-0.2, 0) is 6.42 Å². The molecule has 1 fully saturated rings. The van der Waals surface area contributed by atoms with Crippen LogP contribution in [0.5, 0.6) is 11.5 Å². The van der Waals surface area contributed by atoms with Gasteiger partial charge in [0.25, 0.3) is 5.91 Å². The number of hydrogen-bond donors (Lipinski definition) is 1. The molecule has 1 amide bonds. The van der Waals surface area contributed by atoms with Gasteiger partial charge >= 0.3 is 0 Å². The summed E-state index contributed by atoms with van der Waals surface area (Å²) in [6, 6.07) is 15.8. The highest BCUT2D eigenvalue weighted by atomic mass is 16.5. The molecular weight excluding hydrogens is 340 g/mol. The molecule has 1 N–H and O–H groups in total. The quantitative estimate of drug-likeness (QED) is 0.816. The maximum absolute atomic E-state index is 12.3. The summed E-state index contributed by atoms with van der Waals surface area (Å²) in [6.07, 6.45) is 2.95. The number of methoxy groups -OCH3 is 2. The van der Waals surface area contributed by atoms with Gasteiger partial charge in [0.15, 0.2) is 11.5 Å². The first kappa shape index (κ1) is 19.2. The van der Waals surface area contributed by atoms with Gasteiger partial charge in [0.05, 0.1) is 14.2 Å². The Labute approximate surface area is 161 Å². The van der Waals surface area contributed by atoms with E-state index in [1.54, 1.807) is 14.2 Å². The molecule has 5 nitrogen and oxygen atoms in total. The summed E-state index contributed by atoms with van der Waals surface area (Å²) < 4.78 is 10.7. The molecule has 0 radical (unpaired) electrons. The molecule has 1 aliphatic rings. The van der Waals surface area contributed by atoms with Crippen molar-refractivity contribution in [2.45, 2.75) is 25.3 Å². The fourth-order valence-corrected chi connectivity index (χ4v) is 3.48. The minimum absolute atomic E-state index is 0.0272. The van der Waals surface area contributed by atoms with E-state index in [-0.39, 0.29) is 11.9 Å². The normalized spacial score (nSPS) is 15.3. The SMILES string of the molecule is COc1ccc(CCN2CCC(NC(=O)c3ccccc3)CC2)cc1OC. The van der Waals surface area contributed by atoms with Crippen molar-refractivity contribution in [3.05, 3.63) is 59.7 Å². The molecule has 1 aliphatic heterocycles. The van der Waals surface area contributed by atoms with E-state index in [0.717, 1.165) is 56.0 Å². The van der Waals surface area contributed by atoms with Gasteiger partial charge in [0, 0.05) is 31.2 Å². The standard InChI is InChI=1S/C22H28N2O3/c1-26-20-9-8-17(16-21(20)27-2)10-13-24-14-11-19(12-15-24)23-22(25)18-6-4-3-5-7-18/h3-9,16,19H,10-15H2,1-2H3,(H,23,25). The van der Waals surface area contributed by atoms with Crippen LogP contribution >= 0.6 is 0 Å². The van der Waals surface area contributed by atoms with Gasteiger partial charge in [-0.1, -0.05) is 24.3 Å². The van der Waals surface area contributed by atoms with Crippen molar-refractivity contribution in [3.8, 4) is 11.5 Å². The third-order valence-electron chi connectivity index (χ3n) is 5.12. The number of piperidine rings is 1. The fraction of sp³-hybridized carbons (Fsp3) is 0.409. The van der Waals surface area contributed by atoms with Crippen LogP contribution in [0.4, 0.5) is 0 Å². The Morgan fingerprint density at radius 3 is 2.41 bits per heavy atom. The van der Waals surface area contributed by atoms with E-state index in [9.17, 15) is 4.79 Å². The monoisotopic (exact) mass is 368 g/mol. The first-order valence-electron chi connectivity index (χ1n) is 9.48. The zero-order chi connectivity index (χ0) is 19.1. The molecule has 27 heavy (non-hydrogen) atoms. The molecular formula is C22H28N2O3. The summed E-state index contributed by atoms with van der Waals surface area (Å²) in [6.45, 7) is 3.02. The van der Waals surface area contributed by atoms with Crippen LogP contribution in [0.15, 0.2) is 48.5 Å². The molecule has 0 bridgehead atoms. The number of carbonyl (C=O) groups excluding carboxylic acids is 1. The molecule has 0 aromatic heterocycles. The summed E-state index contributed by atoms with van der Waals surface area (Å²) in [5.41, 5.74) is 1.97. The molecule has 0 spiro atoms. The zero-order valence-electron chi connectivity index (χ0n) is 16.1. The van der Waals surface area contributed by atoms with Gasteiger partial charge in [0.1, 0.15) is 0 Å². The van der Waals surface area contributed by atoms with Gasteiger partial charge in [-0.25, -0.2) is 0 Å². The predicted octanol–water partition coefficient (Wildman–Crippen LogP) is 3.14. The van der Waals surface area contributed by atoms with Crippen LogP contribution < -0.4 is 14.8 Å².